The van der Waals surface area contributed by atoms with Gasteiger partial charge in [0.2, 0.25) is 5.91 Å². The maximum atomic E-state index is 14.5. The Morgan fingerprint density at radius 1 is 1.28 bits per heavy atom. The minimum Gasteiger partial charge on any atom is -0.386 e. The fourth-order valence-corrected chi connectivity index (χ4v) is 3.14. The van der Waals surface area contributed by atoms with Crippen molar-refractivity contribution >= 4 is 11.7 Å². The molecule has 0 bridgehead atoms. The van der Waals surface area contributed by atoms with Crippen molar-refractivity contribution in [3.05, 3.63) is 71.0 Å². The van der Waals surface area contributed by atoms with Gasteiger partial charge in [0.05, 0.1) is 11.6 Å². The van der Waals surface area contributed by atoms with E-state index in [1.807, 2.05) is 30.3 Å². The molecule has 2 aromatic rings. The standard InChI is InChI=1S/C19H20FN3O2/c1-19(14-9-13(18(22)24)7-8-15(14)20)10-16(25-11-17(21)23-19)12-5-3-2-4-6-12/h2-9,16H,10-11H2,1H3,(H2,21,23)(H2,22,24)/t16-,19+/m0/s1. The molecule has 1 aliphatic rings. The molecule has 2 atom stereocenters. The lowest BCUT2D eigenvalue weighted by atomic mass is 9.84. The maximum absolute atomic E-state index is 14.5. The van der Waals surface area contributed by atoms with Crippen molar-refractivity contribution in [1.29, 1.82) is 0 Å². The van der Waals surface area contributed by atoms with Crippen molar-refractivity contribution < 1.29 is 13.9 Å². The number of hydrogen-bond acceptors (Lipinski definition) is 4. The quantitative estimate of drug-likeness (QED) is 0.899. The average Bonchev–Trinajstić information content (AvgIpc) is 2.74. The number of carbonyl (C=O) groups excluding carboxylic acids is 1. The summed E-state index contributed by atoms with van der Waals surface area (Å²) in [6, 6.07) is 13.7. The van der Waals surface area contributed by atoms with E-state index in [0.29, 0.717) is 6.42 Å². The van der Waals surface area contributed by atoms with Crippen molar-refractivity contribution in [2.75, 3.05) is 6.61 Å². The van der Waals surface area contributed by atoms with Gasteiger partial charge in [0.15, 0.2) is 0 Å². The lowest BCUT2D eigenvalue weighted by Gasteiger charge is -2.29. The Balaban J connectivity index is 2.06. The molecule has 4 N–H and O–H groups in total. The first-order chi connectivity index (χ1) is 11.9. The molecule has 6 heteroatoms. The number of amides is 1. The maximum Gasteiger partial charge on any atom is 0.248 e. The number of aliphatic imine (C=N–C) groups is 1. The van der Waals surface area contributed by atoms with Gasteiger partial charge in [-0.1, -0.05) is 30.3 Å². The van der Waals surface area contributed by atoms with Gasteiger partial charge in [0.25, 0.3) is 0 Å². The molecule has 0 aromatic heterocycles. The van der Waals surface area contributed by atoms with Gasteiger partial charge in [0.1, 0.15) is 18.3 Å². The topological polar surface area (TPSA) is 90.7 Å². The summed E-state index contributed by atoms with van der Waals surface area (Å²) in [6.45, 7) is 1.94. The van der Waals surface area contributed by atoms with Crippen LogP contribution in [0.25, 0.3) is 0 Å². The van der Waals surface area contributed by atoms with Crippen LogP contribution in [-0.4, -0.2) is 18.3 Å². The molecule has 3 rings (SSSR count). The summed E-state index contributed by atoms with van der Waals surface area (Å²) in [4.78, 5) is 16.0. The van der Waals surface area contributed by atoms with E-state index in [4.69, 9.17) is 16.2 Å². The molecule has 1 amide bonds. The number of hydrogen-bond donors (Lipinski definition) is 2. The van der Waals surface area contributed by atoms with Gasteiger partial charge in [0, 0.05) is 17.5 Å². The summed E-state index contributed by atoms with van der Waals surface area (Å²) >= 11 is 0. The summed E-state index contributed by atoms with van der Waals surface area (Å²) in [7, 11) is 0. The molecule has 130 valence electrons. The number of carbonyl (C=O) groups is 1. The predicted octanol–water partition coefficient (Wildman–Crippen LogP) is 2.66. The van der Waals surface area contributed by atoms with Crippen LogP contribution in [0.1, 0.15) is 40.9 Å². The summed E-state index contributed by atoms with van der Waals surface area (Å²) in [5, 5.41) is 0. The monoisotopic (exact) mass is 341 g/mol. The Morgan fingerprint density at radius 3 is 2.68 bits per heavy atom. The lowest BCUT2D eigenvalue weighted by Crippen LogP contribution is -2.26. The van der Waals surface area contributed by atoms with E-state index in [0.717, 1.165) is 5.56 Å². The van der Waals surface area contributed by atoms with Crippen LogP contribution in [0.3, 0.4) is 0 Å². The molecule has 0 unspecified atom stereocenters. The van der Waals surface area contributed by atoms with Crippen LogP contribution in [0.4, 0.5) is 4.39 Å². The minimum absolute atomic E-state index is 0.159. The molecule has 0 fully saturated rings. The number of benzene rings is 2. The molecule has 0 saturated heterocycles. The SMILES string of the molecule is C[C@]1(c2cc(C(N)=O)ccc2F)C[C@@H](c2ccccc2)OCC(N)=N1. The Kier molecular flexibility index (Phi) is 4.55. The smallest absolute Gasteiger partial charge is 0.248 e. The van der Waals surface area contributed by atoms with Crippen LogP contribution >= 0.6 is 0 Å². The second-order valence-corrected chi connectivity index (χ2v) is 6.35. The average molecular weight is 341 g/mol. The van der Waals surface area contributed by atoms with Crippen LogP contribution in [0.15, 0.2) is 53.5 Å². The molecular formula is C19H20FN3O2. The van der Waals surface area contributed by atoms with E-state index in [2.05, 4.69) is 4.99 Å². The zero-order valence-electron chi connectivity index (χ0n) is 13.9. The van der Waals surface area contributed by atoms with E-state index >= 15 is 0 Å². The van der Waals surface area contributed by atoms with Crippen molar-refractivity contribution in [2.24, 2.45) is 16.5 Å². The Labute approximate surface area is 145 Å². The first kappa shape index (κ1) is 17.1. The van der Waals surface area contributed by atoms with E-state index < -0.39 is 17.3 Å². The molecule has 1 heterocycles. The lowest BCUT2D eigenvalue weighted by molar-refractivity contribution is 0.0647. The number of primary amides is 1. The van der Waals surface area contributed by atoms with E-state index in [9.17, 15) is 9.18 Å². The highest BCUT2D eigenvalue weighted by Crippen LogP contribution is 2.40. The Hall–Kier alpha value is -2.73. The van der Waals surface area contributed by atoms with Gasteiger partial charge in [-0.25, -0.2) is 4.39 Å². The number of nitrogens with two attached hydrogens (primary N) is 2. The third-order valence-electron chi connectivity index (χ3n) is 4.41. The van der Waals surface area contributed by atoms with Gasteiger partial charge in [-0.15, -0.1) is 0 Å². The van der Waals surface area contributed by atoms with Crippen molar-refractivity contribution in [2.45, 2.75) is 25.0 Å². The third-order valence-corrected chi connectivity index (χ3v) is 4.41. The fourth-order valence-electron chi connectivity index (χ4n) is 3.14. The summed E-state index contributed by atoms with van der Waals surface area (Å²) in [6.07, 6.45) is 0.0873. The number of halogens is 1. The summed E-state index contributed by atoms with van der Waals surface area (Å²) in [5.41, 5.74) is 11.8. The minimum atomic E-state index is -0.976. The van der Waals surface area contributed by atoms with Gasteiger partial charge < -0.3 is 16.2 Å². The second kappa shape index (κ2) is 6.64. The highest BCUT2D eigenvalue weighted by atomic mass is 19.1. The first-order valence-electron chi connectivity index (χ1n) is 7.99. The number of amidine groups is 1. The largest absolute Gasteiger partial charge is 0.386 e. The molecule has 1 aliphatic heterocycles. The van der Waals surface area contributed by atoms with Gasteiger partial charge in [-0.2, -0.15) is 0 Å². The summed E-state index contributed by atoms with van der Waals surface area (Å²) < 4.78 is 20.4. The summed E-state index contributed by atoms with van der Waals surface area (Å²) in [5.74, 6) is -0.797. The third kappa shape index (κ3) is 3.53. The van der Waals surface area contributed by atoms with Crippen LogP contribution in [0, 0.1) is 5.82 Å². The number of rotatable bonds is 3. The fraction of sp³-hybridized carbons (Fsp3) is 0.263. The van der Waals surface area contributed by atoms with Crippen molar-refractivity contribution in [3.63, 3.8) is 0 Å². The Morgan fingerprint density at radius 2 is 2.00 bits per heavy atom. The molecule has 2 aromatic carbocycles. The number of ether oxygens (including phenoxy) is 1. The van der Waals surface area contributed by atoms with Crippen LogP contribution < -0.4 is 11.5 Å². The van der Waals surface area contributed by atoms with Crippen LogP contribution in [0.5, 0.6) is 0 Å². The van der Waals surface area contributed by atoms with Crippen LogP contribution in [-0.2, 0) is 10.3 Å². The number of nitrogens with zero attached hydrogens (tertiary/aromatic N) is 1. The first-order valence-corrected chi connectivity index (χ1v) is 7.99. The highest BCUT2D eigenvalue weighted by molar-refractivity contribution is 5.93. The molecule has 25 heavy (non-hydrogen) atoms. The highest BCUT2D eigenvalue weighted by Gasteiger charge is 2.36. The predicted molar refractivity (Wildman–Crippen MR) is 93.6 cm³/mol. The zero-order chi connectivity index (χ0) is 18.0. The zero-order valence-corrected chi connectivity index (χ0v) is 13.9. The normalized spacial score (nSPS) is 23.6. The second-order valence-electron chi connectivity index (χ2n) is 6.35. The van der Waals surface area contributed by atoms with Crippen molar-refractivity contribution in [3.8, 4) is 0 Å². The van der Waals surface area contributed by atoms with E-state index in [-0.39, 0.29) is 29.7 Å². The van der Waals surface area contributed by atoms with Gasteiger partial charge in [-0.3, -0.25) is 9.79 Å². The molecule has 0 saturated carbocycles. The molecular weight excluding hydrogens is 321 g/mol. The van der Waals surface area contributed by atoms with Gasteiger partial charge in [-0.05, 0) is 30.7 Å². The molecule has 0 spiro atoms. The van der Waals surface area contributed by atoms with E-state index in [1.165, 1.54) is 18.2 Å². The molecule has 5 nitrogen and oxygen atoms in total. The van der Waals surface area contributed by atoms with Crippen LogP contribution in [0.2, 0.25) is 0 Å². The molecule has 0 aliphatic carbocycles. The van der Waals surface area contributed by atoms with Crippen molar-refractivity contribution in [1.82, 2.24) is 0 Å². The molecule has 0 radical (unpaired) electrons. The van der Waals surface area contributed by atoms with Gasteiger partial charge >= 0.3 is 0 Å². The van der Waals surface area contributed by atoms with E-state index in [1.54, 1.807) is 6.92 Å². The Bertz CT molecular complexity index is 823.